The molecule has 0 saturated carbocycles. The fourth-order valence-electron chi connectivity index (χ4n) is 2.44. The van der Waals surface area contributed by atoms with Gasteiger partial charge in [-0.2, -0.15) is 0 Å². The summed E-state index contributed by atoms with van der Waals surface area (Å²) < 4.78 is 28.1. The zero-order valence-corrected chi connectivity index (χ0v) is 11.9. The van der Waals surface area contributed by atoms with Gasteiger partial charge < -0.3 is 0 Å². The van der Waals surface area contributed by atoms with Crippen molar-refractivity contribution in [1.82, 2.24) is 9.55 Å². The molecule has 0 radical (unpaired) electrons. The maximum Gasteiger partial charge on any atom is 0.267 e. The predicted molar refractivity (Wildman–Crippen MR) is 78.7 cm³/mol. The van der Waals surface area contributed by atoms with Gasteiger partial charge in [-0.3, -0.25) is 9.36 Å². The summed E-state index contributed by atoms with van der Waals surface area (Å²) in [6.07, 6.45) is 0.591. The van der Waals surface area contributed by atoms with Gasteiger partial charge in [0.2, 0.25) is 0 Å². The first-order chi connectivity index (χ1) is 9.97. The lowest BCUT2D eigenvalue weighted by Crippen LogP contribution is -2.24. The summed E-state index contributed by atoms with van der Waals surface area (Å²) in [4.78, 5) is 16.9. The Hall–Kier alpha value is -2.01. The third-order valence-electron chi connectivity index (χ3n) is 3.32. The van der Waals surface area contributed by atoms with Crippen LogP contribution in [-0.2, 0) is 0 Å². The average molecular weight is 309 g/mol. The number of hydrogen-bond acceptors (Lipinski definition) is 2. The maximum atomic E-state index is 13.5. The van der Waals surface area contributed by atoms with Gasteiger partial charge in [-0.1, -0.05) is 17.7 Å². The van der Waals surface area contributed by atoms with Crippen LogP contribution in [-0.4, -0.2) is 15.7 Å². The summed E-state index contributed by atoms with van der Waals surface area (Å²) in [5, 5.41) is 0.497. The van der Waals surface area contributed by atoms with Crippen LogP contribution in [0.3, 0.4) is 0 Å². The summed E-state index contributed by atoms with van der Waals surface area (Å²) in [7, 11) is 0. The zero-order valence-electron chi connectivity index (χ0n) is 11.1. The number of alkyl halides is 1. The Labute approximate surface area is 124 Å². The van der Waals surface area contributed by atoms with Gasteiger partial charge >= 0.3 is 0 Å². The van der Waals surface area contributed by atoms with Gasteiger partial charge in [-0.25, -0.2) is 13.8 Å². The normalized spacial score (nSPS) is 18.6. The van der Waals surface area contributed by atoms with Crippen LogP contribution in [0.25, 0.3) is 16.6 Å². The average Bonchev–Trinajstić information content (AvgIpc) is 2.36. The number of aryl methyl sites for hydroxylation is 1. The van der Waals surface area contributed by atoms with Crippen molar-refractivity contribution < 1.29 is 8.78 Å². The lowest BCUT2D eigenvalue weighted by molar-refractivity contribution is 0.369. The zero-order chi connectivity index (χ0) is 15.1. The van der Waals surface area contributed by atoms with Gasteiger partial charge in [0.15, 0.2) is 0 Å². The third kappa shape index (κ3) is 2.38. The SMILES string of the molecule is Cc1nc2cccc(Cl)c2c(=O)n1C1=CC(F)CC(F)=C1. The Balaban J connectivity index is 2.34. The number of nitrogens with zero attached hydrogens (tertiary/aromatic N) is 2. The van der Waals surface area contributed by atoms with Crippen molar-refractivity contribution in [2.45, 2.75) is 19.5 Å². The number of allylic oxidation sites excluding steroid dienone is 4. The molecule has 108 valence electrons. The molecule has 1 atom stereocenters. The fraction of sp³-hybridized carbons (Fsp3) is 0.200. The molecule has 1 heterocycles. The largest absolute Gasteiger partial charge is 0.268 e. The van der Waals surface area contributed by atoms with Crippen molar-refractivity contribution >= 4 is 28.2 Å². The molecule has 1 aromatic carbocycles. The van der Waals surface area contributed by atoms with Crippen LogP contribution in [0.4, 0.5) is 8.78 Å². The number of hydrogen-bond donors (Lipinski definition) is 0. The van der Waals surface area contributed by atoms with Crippen molar-refractivity contribution in [2.24, 2.45) is 0 Å². The molecule has 1 aromatic heterocycles. The molecule has 3 rings (SSSR count). The Morgan fingerprint density at radius 1 is 1.43 bits per heavy atom. The smallest absolute Gasteiger partial charge is 0.267 e. The van der Waals surface area contributed by atoms with E-state index < -0.39 is 17.6 Å². The van der Waals surface area contributed by atoms with Crippen LogP contribution in [0.1, 0.15) is 12.2 Å². The quantitative estimate of drug-likeness (QED) is 0.803. The minimum atomic E-state index is -1.46. The van der Waals surface area contributed by atoms with Crippen LogP contribution >= 0.6 is 11.6 Å². The second kappa shape index (κ2) is 5.07. The van der Waals surface area contributed by atoms with Gasteiger partial charge in [0.25, 0.3) is 5.56 Å². The molecular weight excluding hydrogens is 298 g/mol. The second-order valence-electron chi connectivity index (χ2n) is 4.84. The standard InChI is InChI=1S/C15H11ClF2N2O/c1-8-19-13-4-2-3-12(16)14(13)15(21)20(8)11-6-9(17)5-10(18)7-11/h2-4,6-7,9H,5H2,1H3. The fourth-order valence-corrected chi connectivity index (χ4v) is 2.69. The van der Waals surface area contributed by atoms with E-state index in [1.807, 2.05) is 0 Å². The number of halogens is 3. The van der Waals surface area contributed by atoms with Gasteiger partial charge in [-0.05, 0) is 31.2 Å². The molecule has 6 heteroatoms. The number of fused-ring (bicyclic) bond motifs is 1. The highest BCUT2D eigenvalue weighted by Gasteiger charge is 2.19. The minimum Gasteiger partial charge on any atom is -0.268 e. The van der Waals surface area contributed by atoms with Crippen molar-refractivity contribution in [3.05, 3.63) is 57.4 Å². The molecule has 0 N–H and O–H groups in total. The molecule has 2 aromatic rings. The molecule has 3 nitrogen and oxygen atoms in total. The van der Waals surface area contributed by atoms with E-state index in [0.29, 0.717) is 11.3 Å². The summed E-state index contributed by atoms with van der Waals surface area (Å²) in [5.41, 5.74) is 0.162. The van der Waals surface area contributed by atoms with Gasteiger partial charge in [0.1, 0.15) is 17.8 Å². The Morgan fingerprint density at radius 3 is 2.90 bits per heavy atom. The summed E-state index contributed by atoms with van der Waals surface area (Å²) in [6, 6.07) is 4.94. The van der Waals surface area contributed by atoms with E-state index in [2.05, 4.69) is 4.98 Å². The van der Waals surface area contributed by atoms with Crippen LogP contribution in [0.2, 0.25) is 5.02 Å². The lowest BCUT2D eigenvalue weighted by atomic mass is 10.1. The molecular formula is C15H11ClF2N2O. The number of aromatic nitrogens is 2. The van der Waals surface area contributed by atoms with Crippen LogP contribution in [0.5, 0.6) is 0 Å². The first kappa shape index (κ1) is 13.9. The first-order valence-electron chi connectivity index (χ1n) is 6.37. The van der Waals surface area contributed by atoms with E-state index in [1.165, 1.54) is 10.6 Å². The second-order valence-corrected chi connectivity index (χ2v) is 5.24. The molecule has 1 aliphatic rings. The summed E-state index contributed by atoms with van der Waals surface area (Å²) in [5.74, 6) is -0.260. The molecule has 0 aliphatic heterocycles. The Kier molecular flexibility index (Phi) is 3.37. The highest BCUT2D eigenvalue weighted by atomic mass is 35.5. The van der Waals surface area contributed by atoms with E-state index in [4.69, 9.17) is 11.6 Å². The molecule has 0 bridgehead atoms. The molecule has 1 unspecified atom stereocenters. The maximum absolute atomic E-state index is 13.5. The Morgan fingerprint density at radius 2 is 2.19 bits per heavy atom. The van der Waals surface area contributed by atoms with E-state index in [-0.39, 0.29) is 22.5 Å². The van der Waals surface area contributed by atoms with E-state index >= 15 is 0 Å². The van der Waals surface area contributed by atoms with Crippen molar-refractivity contribution in [2.75, 3.05) is 0 Å². The van der Waals surface area contributed by atoms with Gasteiger partial charge in [-0.15, -0.1) is 0 Å². The highest BCUT2D eigenvalue weighted by molar-refractivity contribution is 6.35. The highest BCUT2D eigenvalue weighted by Crippen LogP contribution is 2.25. The van der Waals surface area contributed by atoms with Crippen LogP contribution in [0.15, 0.2) is 41.0 Å². The summed E-state index contributed by atoms with van der Waals surface area (Å²) in [6.45, 7) is 1.61. The predicted octanol–water partition coefficient (Wildman–Crippen LogP) is 3.79. The number of rotatable bonds is 1. The van der Waals surface area contributed by atoms with E-state index in [9.17, 15) is 13.6 Å². The molecule has 21 heavy (non-hydrogen) atoms. The van der Waals surface area contributed by atoms with E-state index in [1.54, 1.807) is 25.1 Å². The van der Waals surface area contributed by atoms with Gasteiger partial charge in [0, 0.05) is 6.42 Å². The van der Waals surface area contributed by atoms with Crippen molar-refractivity contribution in [3.63, 3.8) is 0 Å². The minimum absolute atomic E-state index is 0.142. The van der Waals surface area contributed by atoms with Gasteiger partial charge in [0.05, 0.1) is 21.6 Å². The summed E-state index contributed by atoms with van der Waals surface area (Å²) >= 11 is 6.05. The van der Waals surface area contributed by atoms with Crippen molar-refractivity contribution in [3.8, 4) is 0 Å². The monoisotopic (exact) mass is 308 g/mol. The van der Waals surface area contributed by atoms with E-state index in [0.717, 1.165) is 6.08 Å². The molecule has 0 fully saturated rings. The first-order valence-corrected chi connectivity index (χ1v) is 6.75. The number of benzene rings is 1. The van der Waals surface area contributed by atoms with Crippen molar-refractivity contribution in [1.29, 1.82) is 0 Å². The van der Waals surface area contributed by atoms with Crippen LogP contribution < -0.4 is 5.56 Å². The molecule has 0 amide bonds. The Bertz CT molecular complexity index is 855. The molecule has 1 aliphatic carbocycles. The topological polar surface area (TPSA) is 34.9 Å². The molecule has 0 saturated heterocycles. The lowest BCUT2D eigenvalue weighted by Gasteiger charge is -2.16. The molecule has 0 spiro atoms. The van der Waals surface area contributed by atoms with Crippen LogP contribution in [0, 0.1) is 6.92 Å². The third-order valence-corrected chi connectivity index (χ3v) is 3.63.